The Morgan fingerprint density at radius 3 is 2.42 bits per heavy atom. The van der Waals surface area contributed by atoms with Crippen LogP contribution in [-0.2, 0) is 0 Å². The average Bonchev–Trinajstić information content (AvgIpc) is 2.03. The molecule has 0 aliphatic rings. The van der Waals surface area contributed by atoms with Crippen molar-refractivity contribution < 1.29 is 13.2 Å². The van der Waals surface area contributed by atoms with Gasteiger partial charge in [-0.15, -0.1) is 0 Å². The van der Waals surface area contributed by atoms with Crippen LogP contribution in [0.3, 0.4) is 0 Å². The quantitative estimate of drug-likeness (QED) is 0.731. The number of alkyl halides is 2. The minimum Gasteiger partial charge on any atom is -0.319 e. The number of hydrogen-bond donors (Lipinski definition) is 1. The van der Waals surface area contributed by atoms with Crippen molar-refractivity contribution in [2.24, 2.45) is 5.73 Å². The Labute approximate surface area is 68.0 Å². The summed E-state index contributed by atoms with van der Waals surface area (Å²) in [6, 6.07) is 3.52. The van der Waals surface area contributed by atoms with Crippen LogP contribution in [0.1, 0.15) is 11.6 Å². The first-order chi connectivity index (χ1) is 5.61. The van der Waals surface area contributed by atoms with Crippen molar-refractivity contribution >= 4 is 0 Å². The molecule has 0 saturated carbocycles. The molecule has 0 aromatic heterocycles. The molecular weight excluding hydrogens is 167 g/mol. The van der Waals surface area contributed by atoms with Gasteiger partial charge in [0.25, 0.3) is 6.43 Å². The third kappa shape index (κ3) is 1.98. The summed E-state index contributed by atoms with van der Waals surface area (Å²) in [6.45, 7) is 0. The van der Waals surface area contributed by atoms with Gasteiger partial charge in [-0.05, 0) is 17.7 Å². The molecule has 12 heavy (non-hydrogen) atoms. The van der Waals surface area contributed by atoms with Crippen molar-refractivity contribution in [2.45, 2.75) is 12.5 Å². The maximum atomic E-state index is 12.5. The third-order valence-corrected chi connectivity index (χ3v) is 1.51. The Kier molecular flexibility index (Phi) is 2.70. The molecule has 0 amide bonds. The Bertz CT molecular complexity index is 262. The van der Waals surface area contributed by atoms with Crippen LogP contribution >= 0.6 is 0 Å². The van der Waals surface area contributed by atoms with Crippen LogP contribution in [-0.4, -0.2) is 6.43 Å². The van der Waals surface area contributed by atoms with E-state index < -0.39 is 18.3 Å². The molecule has 0 heterocycles. The SMILES string of the molecule is NC(c1cccc(F)c1)C(F)F. The lowest BCUT2D eigenvalue weighted by Crippen LogP contribution is -2.18. The first-order valence-corrected chi connectivity index (χ1v) is 3.40. The summed E-state index contributed by atoms with van der Waals surface area (Å²) in [7, 11) is 0. The molecule has 1 unspecified atom stereocenters. The van der Waals surface area contributed by atoms with Crippen molar-refractivity contribution in [3.8, 4) is 0 Å². The zero-order valence-electron chi connectivity index (χ0n) is 6.18. The first kappa shape index (κ1) is 9.06. The Hall–Kier alpha value is -1.03. The van der Waals surface area contributed by atoms with Gasteiger partial charge in [0.1, 0.15) is 5.82 Å². The van der Waals surface area contributed by atoms with Gasteiger partial charge >= 0.3 is 0 Å². The van der Waals surface area contributed by atoms with E-state index in [4.69, 9.17) is 5.73 Å². The van der Waals surface area contributed by atoms with E-state index in [2.05, 4.69) is 0 Å². The van der Waals surface area contributed by atoms with E-state index in [0.717, 1.165) is 6.07 Å². The van der Waals surface area contributed by atoms with E-state index in [1.54, 1.807) is 0 Å². The zero-order chi connectivity index (χ0) is 9.14. The normalized spacial score (nSPS) is 13.4. The fourth-order valence-corrected chi connectivity index (χ4v) is 0.859. The molecular formula is C8H8F3N. The second-order valence-corrected chi connectivity index (χ2v) is 2.42. The number of nitrogens with two attached hydrogens (primary N) is 1. The molecule has 2 N–H and O–H groups in total. The largest absolute Gasteiger partial charge is 0.319 e. The number of rotatable bonds is 2. The summed E-state index contributed by atoms with van der Waals surface area (Å²) in [5.74, 6) is -0.552. The fourth-order valence-electron chi connectivity index (χ4n) is 0.859. The molecule has 0 bridgehead atoms. The highest BCUT2D eigenvalue weighted by Gasteiger charge is 2.17. The van der Waals surface area contributed by atoms with Crippen LogP contribution in [0, 0.1) is 5.82 Å². The van der Waals surface area contributed by atoms with Crippen LogP contribution in [0.2, 0.25) is 0 Å². The minimum absolute atomic E-state index is 0.116. The predicted octanol–water partition coefficient (Wildman–Crippen LogP) is 2.09. The summed E-state index contributed by atoms with van der Waals surface area (Å²) in [5, 5.41) is 0. The molecule has 0 aliphatic heterocycles. The van der Waals surface area contributed by atoms with Gasteiger partial charge < -0.3 is 5.73 Å². The van der Waals surface area contributed by atoms with Crippen molar-refractivity contribution in [3.63, 3.8) is 0 Å². The maximum absolute atomic E-state index is 12.5. The third-order valence-electron chi connectivity index (χ3n) is 1.51. The highest BCUT2D eigenvalue weighted by atomic mass is 19.3. The van der Waals surface area contributed by atoms with Crippen LogP contribution in [0.4, 0.5) is 13.2 Å². The van der Waals surface area contributed by atoms with E-state index in [0.29, 0.717) is 0 Å². The second-order valence-electron chi connectivity index (χ2n) is 2.42. The summed E-state index contributed by atoms with van der Waals surface area (Å²) >= 11 is 0. The lowest BCUT2D eigenvalue weighted by Gasteiger charge is -2.09. The molecule has 1 aromatic rings. The van der Waals surface area contributed by atoms with Gasteiger partial charge in [0.15, 0.2) is 0 Å². The van der Waals surface area contributed by atoms with Gasteiger partial charge in [0, 0.05) is 0 Å². The smallest absolute Gasteiger partial charge is 0.257 e. The second kappa shape index (κ2) is 3.58. The molecule has 0 fully saturated rings. The van der Waals surface area contributed by atoms with Crippen LogP contribution in [0.25, 0.3) is 0 Å². The van der Waals surface area contributed by atoms with E-state index in [9.17, 15) is 13.2 Å². The van der Waals surface area contributed by atoms with Crippen LogP contribution < -0.4 is 5.73 Å². The summed E-state index contributed by atoms with van der Waals surface area (Å²) in [6.07, 6.45) is -2.66. The molecule has 0 aliphatic carbocycles. The Balaban J connectivity index is 2.88. The summed E-state index contributed by atoms with van der Waals surface area (Å²) < 4.78 is 36.5. The lowest BCUT2D eigenvalue weighted by atomic mass is 10.1. The van der Waals surface area contributed by atoms with E-state index >= 15 is 0 Å². The number of benzene rings is 1. The molecule has 1 rings (SSSR count). The van der Waals surface area contributed by atoms with Gasteiger partial charge in [-0.25, -0.2) is 13.2 Å². The van der Waals surface area contributed by atoms with E-state index in [1.165, 1.54) is 18.2 Å². The Morgan fingerprint density at radius 1 is 1.25 bits per heavy atom. The maximum Gasteiger partial charge on any atom is 0.257 e. The van der Waals surface area contributed by atoms with Crippen LogP contribution in [0.15, 0.2) is 24.3 Å². The number of halogens is 3. The molecule has 0 saturated heterocycles. The minimum atomic E-state index is -2.66. The summed E-state index contributed by atoms with van der Waals surface area (Å²) in [4.78, 5) is 0. The van der Waals surface area contributed by atoms with E-state index in [1.807, 2.05) is 0 Å². The molecule has 1 nitrogen and oxygen atoms in total. The summed E-state index contributed by atoms with van der Waals surface area (Å²) in [5.41, 5.74) is 5.21. The molecule has 0 spiro atoms. The van der Waals surface area contributed by atoms with Gasteiger partial charge in [-0.3, -0.25) is 0 Å². The van der Waals surface area contributed by atoms with Crippen LogP contribution in [0.5, 0.6) is 0 Å². The van der Waals surface area contributed by atoms with Crippen molar-refractivity contribution in [3.05, 3.63) is 35.6 Å². The van der Waals surface area contributed by atoms with E-state index in [-0.39, 0.29) is 5.56 Å². The monoisotopic (exact) mass is 175 g/mol. The molecule has 66 valence electrons. The molecule has 4 heteroatoms. The predicted molar refractivity (Wildman–Crippen MR) is 39.3 cm³/mol. The topological polar surface area (TPSA) is 26.0 Å². The van der Waals surface area contributed by atoms with Gasteiger partial charge in [0.2, 0.25) is 0 Å². The lowest BCUT2D eigenvalue weighted by molar-refractivity contribution is 0.116. The standard InChI is InChI=1S/C8H8F3N/c9-6-3-1-2-5(4-6)7(12)8(10)11/h1-4,7-8H,12H2. The first-order valence-electron chi connectivity index (χ1n) is 3.40. The van der Waals surface area contributed by atoms with Crippen molar-refractivity contribution in [1.29, 1.82) is 0 Å². The van der Waals surface area contributed by atoms with Gasteiger partial charge in [0.05, 0.1) is 6.04 Å². The number of hydrogen-bond acceptors (Lipinski definition) is 1. The molecule has 1 aromatic carbocycles. The zero-order valence-corrected chi connectivity index (χ0v) is 6.18. The average molecular weight is 175 g/mol. The van der Waals surface area contributed by atoms with Crippen molar-refractivity contribution in [1.82, 2.24) is 0 Å². The van der Waals surface area contributed by atoms with Gasteiger partial charge in [-0.1, -0.05) is 12.1 Å². The highest BCUT2D eigenvalue weighted by molar-refractivity contribution is 5.20. The molecule has 1 atom stereocenters. The highest BCUT2D eigenvalue weighted by Crippen LogP contribution is 2.17. The van der Waals surface area contributed by atoms with Crippen molar-refractivity contribution in [2.75, 3.05) is 0 Å². The Morgan fingerprint density at radius 2 is 1.92 bits per heavy atom. The van der Waals surface area contributed by atoms with Gasteiger partial charge in [-0.2, -0.15) is 0 Å². The fraction of sp³-hybridized carbons (Fsp3) is 0.250. The molecule has 0 radical (unpaired) electrons.